The minimum Gasteiger partial charge on any atom is -0.342 e. The number of aromatic amines is 1. The quantitative estimate of drug-likeness (QED) is 0.712. The molecule has 128 valence electrons. The van der Waals surface area contributed by atoms with Crippen molar-refractivity contribution in [1.82, 2.24) is 14.9 Å². The fraction of sp³-hybridized carbons (Fsp3) is 0.300. The summed E-state index contributed by atoms with van der Waals surface area (Å²) < 4.78 is 0. The molecule has 0 spiro atoms. The molecular formula is C20H20ClN3O. The number of aromatic nitrogens is 2. The number of hydrogen-bond acceptors (Lipinski definition) is 3. The third-order valence-corrected chi connectivity index (χ3v) is 5.09. The Balaban J connectivity index is 1.45. The van der Waals surface area contributed by atoms with Gasteiger partial charge in [-0.05, 0) is 55.8 Å². The molecule has 0 radical (unpaired) electrons. The summed E-state index contributed by atoms with van der Waals surface area (Å²) in [7, 11) is 0. The number of carbonyl (C=O) groups is 1. The highest BCUT2D eigenvalue weighted by molar-refractivity contribution is 6.30. The molecule has 4 nitrogen and oxygen atoms in total. The van der Waals surface area contributed by atoms with Gasteiger partial charge in [-0.2, -0.15) is 0 Å². The molecule has 4 rings (SSSR count). The second-order valence-corrected chi connectivity index (χ2v) is 7.08. The summed E-state index contributed by atoms with van der Waals surface area (Å²) in [4.78, 5) is 22.9. The first-order chi connectivity index (χ1) is 12.2. The van der Waals surface area contributed by atoms with Crippen LogP contribution >= 0.6 is 11.6 Å². The van der Waals surface area contributed by atoms with Crippen molar-refractivity contribution >= 4 is 28.4 Å². The number of likely N-dealkylation sites (tertiary alicyclic amines) is 1. The molecule has 1 unspecified atom stereocenters. The lowest BCUT2D eigenvalue weighted by molar-refractivity contribution is 0.0905. The first kappa shape index (κ1) is 16.3. The van der Waals surface area contributed by atoms with E-state index < -0.39 is 0 Å². The van der Waals surface area contributed by atoms with Gasteiger partial charge in [-0.25, -0.2) is 4.98 Å². The molecule has 0 bridgehead atoms. The van der Waals surface area contributed by atoms with E-state index in [0.29, 0.717) is 17.5 Å². The number of H-pyrrole nitrogens is 1. The third-order valence-electron chi connectivity index (χ3n) is 4.83. The van der Waals surface area contributed by atoms with E-state index >= 15 is 0 Å². The van der Waals surface area contributed by atoms with Crippen LogP contribution in [0.2, 0.25) is 5.02 Å². The number of imidazole rings is 1. The molecule has 25 heavy (non-hydrogen) atoms. The van der Waals surface area contributed by atoms with E-state index in [4.69, 9.17) is 16.6 Å². The SMILES string of the molecule is O=C(CN1CCCC(c2nc3ccccc3[nH]2)C1)c1ccc(Cl)cc1. The Bertz CT molecular complexity index is 854. The number of carbonyl (C=O) groups excluding carboxylic acids is 1. The average Bonchev–Trinajstić information content (AvgIpc) is 3.07. The number of rotatable bonds is 4. The monoisotopic (exact) mass is 353 g/mol. The van der Waals surface area contributed by atoms with Crippen LogP contribution in [-0.2, 0) is 0 Å². The van der Waals surface area contributed by atoms with Crippen molar-refractivity contribution in [3.05, 3.63) is 64.9 Å². The van der Waals surface area contributed by atoms with Gasteiger partial charge in [0.2, 0.25) is 0 Å². The number of piperidine rings is 1. The van der Waals surface area contributed by atoms with E-state index in [1.165, 1.54) is 0 Å². The van der Waals surface area contributed by atoms with Gasteiger partial charge in [-0.1, -0.05) is 23.7 Å². The Morgan fingerprint density at radius 3 is 2.80 bits per heavy atom. The zero-order valence-electron chi connectivity index (χ0n) is 13.9. The molecule has 1 fully saturated rings. The molecule has 1 N–H and O–H groups in total. The highest BCUT2D eigenvalue weighted by Crippen LogP contribution is 2.26. The van der Waals surface area contributed by atoms with Crippen LogP contribution in [0.15, 0.2) is 48.5 Å². The van der Waals surface area contributed by atoms with E-state index in [1.54, 1.807) is 24.3 Å². The zero-order chi connectivity index (χ0) is 17.2. The van der Waals surface area contributed by atoms with Crippen LogP contribution in [-0.4, -0.2) is 40.3 Å². The third kappa shape index (κ3) is 3.60. The van der Waals surface area contributed by atoms with Gasteiger partial charge in [0.1, 0.15) is 5.82 Å². The van der Waals surface area contributed by atoms with Gasteiger partial charge in [0, 0.05) is 23.0 Å². The molecule has 1 atom stereocenters. The van der Waals surface area contributed by atoms with E-state index in [0.717, 1.165) is 48.4 Å². The van der Waals surface area contributed by atoms with Crippen LogP contribution in [0, 0.1) is 0 Å². The molecule has 1 aliphatic rings. The Labute approximate surface area is 151 Å². The van der Waals surface area contributed by atoms with Crippen molar-refractivity contribution < 1.29 is 4.79 Å². The number of fused-ring (bicyclic) bond motifs is 1. The Morgan fingerprint density at radius 1 is 1.20 bits per heavy atom. The number of para-hydroxylation sites is 2. The van der Waals surface area contributed by atoms with Gasteiger partial charge in [-0.15, -0.1) is 0 Å². The Hall–Kier alpha value is -2.17. The number of halogens is 1. The molecule has 2 aromatic carbocycles. The summed E-state index contributed by atoms with van der Waals surface area (Å²) >= 11 is 5.90. The van der Waals surface area contributed by atoms with E-state index in [1.807, 2.05) is 18.2 Å². The first-order valence-electron chi connectivity index (χ1n) is 8.65. The molecule has 1 saturated heterocycles. The molecule has 2 heterocycles. The highest BCUT2D eigenvalue weighted by atomic mass is 35.5. The van der Waals surface area contributed by atoms with Crippen molar-refractivity contribution in [1.29, 1.82) is 0 Å². The molecular weight excluding hydrogens is 334 g/mol. The predicted molar refractivity (Wildman–Crippen MR) is 100 cm³/mol. The van der Waals surface area contributed by atoms with Gasteiger partial charge >= 0.3 is 0 Å². The molecule has 0 amide bonds. The van der Waals surface area contributed by atoms with Gasteiger partial charge in [-0.3, -0.25) is 9.69 Å². The summed E-state index contributed by atoms with van der Waals surface area (Å²) in [6, 6.07) is 15.2. The normalized spacial score (nSPS) is 18.5. The van der Waals surface area contributed by atoms with Crippen molar-refractivity contribution in [2.24, 2.45) is 0 Å². The van der Waals surface area contributed by atoms with Crippen molar-refractivity contribution in [3.8, 4) is 0 Å². The number of ketones is 1. The zero-order valence-corrected chi connectivity index (χ0v) is 14.7. The topological polar surface area (TPSA) is 49.0 Å². The lowest BCUT2D eigenvalue weighted by atomic mass is 9.97. The Kier molecular flexibility index (Phi) is 4.55. The van der Waals surface area contributed by atoms with Crippen molar-refractivity contribution in [2.45, 2.75) is 18.8 Å². The first-order valence-corrected chi connectivity index (χ1v) is 9.02. The standard InChI is InChI=1S/C20H20ClN3O/c21-16-9-7-14(8-10-16)19(25)13-24-11-3-4-15(12-24)20-22-17-5-1-2-6-18(17)23-20/h1-2,5-10,15H,3-4,11-13H2,(H,22,23). The maximum absolute atomic E-state index is 12.5. The minimum atomic E-state index is 0.141. The van der Waals surface area contributed by atoms with Crippen molar-refractivity contribution in [2.75, 3.05) is 19.6 Å². The molecule has 1 aromatic heterocycles. The maximum atomic E-state index is 12.5. The molecule has 0 aliphatic carbocycles. The van der Waals surface area contributed by atoms with Crippen LogP contribution in [0.3, 0.4) is 0 Å². The molecule has 1 aliphatic heterocycles. The highest BCUT2D eigenvalue weighted by Gasteiger charge is 2.25. The van der Waals surface area contributed by atoms with Gasteiger partial charge in [0.05, 0.1) is 17.6 Å². The summed E-state index contributed by atoms with van der Waals surface area (Å²) in [5, 5.41) is 0.652. The summed E-state index contributed by atoms with van der Waals surface area (Å²) in [5.74, 6) is 1.52. The van der Waals surface area contributed by atoms with Crippen LogP contribution in [0.5, 0.6) is 0 Å². The van der Waals surface area contributed by atoms with Gasteiger partial charge in [0.25, 0.3) is 0 Å². The van der Waals surface area contributed by atoms with Crippen LogP contribution < -0.4 is 0 Å². The largest absolute Gasteiger partial charge is 0.342 e. The number of nitrogens with one attached hydrogen (secondary N) is 1. The number of benzene rings is 2. The lowest BCUT2D eigenvalue weighted by Gasteiger charge is -2.31. The molecule has 5 heteroatoms. The maximum Gasteiger partial charge on any atom is 0.176 e. The average molecular weight is 354 g/mol. The smallest absolute Gasteiger partial charge is 0.176 e. The lowest BCUT2D eigenvalue weighted by Crippen LogP contribution is -2.38. The predicted octanol–water partition coefficient (Wildman–Crippen LogP) is 4.28. The molecule has 0 saturated carbocycles. The van der Waals surface area contributed by atoms with E-state index in [9.17, 15) is 4.79 Å². The van der Waals surface area contributed by atoms with E-state index in [-0.39, 0.29) is 5.78 Å². The van der Waals surface area contributed by atoms with Crippen LogP contribution in [0.25, 0.3) is 11.0 Å². The number of nitrogens with zero attached hydrogens (tertiary/aromatic N) is 2. The van der Waals surface area contributed by atoms with Crippen LogP contribution in [0.4, 0.5) is 0 Å². The number of hydrogen-bond donors (Lipinski definition) is 1. The summed E-state index contributed by atoms with van der Waals surface area (Å²) in [6.45, 7) is 2.26. The fourth-order valence-electron chi connectivity index (χ4n) is 3.52. The Morgan fingerprint density at radius 2 is 2.00 bits per heavy atom. The minimum absolute atomic E-state index is 0.141. The second kappa shape index (κ2) is 6.98. The van der Waals surface area contributed by atoms with Crippen molar-refractivity contribution in [3.63, 3.8) is 0 Å². The molecule has 3 aromatic rings. The van der Waals surface area contributed by atoms with Gasteiger partial charge < -0.3 is 4.98 Å². The number of Topliss-reactive ketones (excluding diaryl/α,β-unsaturated/α-hetero) is 1. The van der Waals surface area contributed by atoms with Crippen LogP contribution in [0.1, 0.15) is 34.9 Å². The summed E-state index contributed by atoms with van der Waals surface area (Å²) in [5.41, 5.74) is 2.80. The fourth-order valence-corrected chi connectivity index (χ4v) is 3.64. The van der Waals surface area contributed by atoms with E-state index in [2.05, 4.69) is 16.0 Å². The second-order valence-electron chi connectivity index (χ2n) is 6.64. The summed E-state index contributed by atoms with van der Waals surface area (Å²) in [6.07, 6.45) is 2.18. The van der Waals surface area contributed by atoms with Gasteiger partial charge in [0.15, 0.2) is 5.78 Å².